The number of pyridine rings is 1. The highest BCUT2D eigenvalue weighted by Gasteiger charge is 2.34. The van der Waals surface area contributed by atoms with Gasteiger partial charge in [-0.25, -0.2) is 4.79 Å². The van der Waals surface area contributed by atoms with Gasteiger partial charge in [-0.2, -0.15) is 5.10 Å². The first kappa shape index (κ1) is 23.1. The van der Waals surface area contributed by atoms with E-state index in [1.165, 1.54) is 0 Å². The number of likely N-dealkylation sites (tertiary alicyclic amines) is 1. The Morgan fingerprint density at radius 1 is 1.06 bits per heavy atom. The molecule has 6 rings (SSSR count). The molecule has 0 radical (unpaired) electrons. The summed E-state index contributed by atoms with van der Waals surface area (Å²) in [6, 6.07) is 21.0. The minimum atomic E-state index is -0.00282. The molecule has 180 valence electrons. The maximum absolute atomic E-state index is 12.8. The summed E-state index contributed by atoms with van der Waals surface area (Å²) in [4.78, 5) is 21.5. The van der Waals surface area contributed by atoms with Gasteiger partial charge in [0.2, 0.25) is 0 Å². The smallest absolute Gasteiger partial charge is 0.316 e. The van der Waals surface area contributed by atoms with Crippen LogP contribution in [0.5, 0.6) is 0 Å². The van der Waals surface area contributed by atoms with Gasteiger partial charge in [0, 0.05) is 60.2 Å². The van der Waals surface area contributed by atoms with E-state index < -0.39 is 0 Å². The molecule has 0 bridgehead atoms. The summed E-state index contributed by atoms with van der Waals surface area (Å²) in [7, 11) is 0. The Labute approximate surface area is 206 Å². The van der Waals surface area contributed by atoms with Crippen molar-refractivity contribution in [3.05, 3.63) is 78.1 Å². The number of anilines is 1. The van der Waals surface area contributed by atoms with Crippen molar-refractivity contribution in [3.63, 3.8) is 0 Å². The molecule has 2 amide bonds. The number of amides is 2. The highest BCUT2D eigenvalue weighted by Crippen LogP contribution is 2.34. The van der Waals surface area contributed by atoms with Gasteiger partial charge in [0.05, 0.1) is 5.52 Å². The quantitative estimate of drug-likeness (QED) is 0.419. The molecule has 1 saturated heterocycles. The largest absolute Gasteiger partial charge is 0.322 e. The lowest BCUT2D eigenvalue weighted by Crippen LogP contribution is -2.46. The van der Waals surface area contributed by atoms with E-state index in [1.807, 2.05) is 72.6 Å². The zero-order valence-electron chi connectivity index (χ0n) is 20.5. The number of nitrogens with one attached hydrogen (secondary N) is 2. The molecule has 1 fully saturated rings. The molecule has 7 nitrogen and oxygen atoms in total. The van der Waals surface area contributed by atoms with Crippen molar-refractivity contribution in [1.82, 2.24) is 25.0 Å². The molecule has 7 heteroatoms. The molecule has 2 aromatic heterocycles. The number of aromatic amines is 1. The number of hydrogen-bond donors (Lipinski definition) is 2. The van der Waals surface area contributed by atoms with Crippen LogP contribution in [0.15, 0.2) is 66.9 Å². The van der Waals surface area contributed by atoms with Crippen LogP contribution in [0, 0.1) is 6.92 Å². The Hall–Kier alpha value is -3.71. The molecule has 35 heavy (non-hydrogen) atoms. The average Bonchev–Trinajstić information content (AvgIpc) is 3.51. The molecular formula is C28H32N6O. The molecular weight excluding hydrogens is 436 g/mol. The number of benzene rings is 2. The Kier molecular flexibility index (Phi) is 6.51. The molecule has 2 N–H and O–H groups in total. The van der Waals surface area contributed by atoms with Crippen molar-refractivity contribution < 1.29 is 4.79 Å². The van der Waals surface area contributed by atoms with Gasteiger partial charge in [-0.05, 0) is 57.0 Å². The molecule has 0 saturated carbocycles. The van der Waals surface area contributed by atoms with E-state index >= 15 is 0 Å². The van der Waals surface area contributed by atoms with E-state index in [9.17, 15) is 4.79 Å². The lowest BCUT2D eigenvalue weighted by molar-refractivity contribution is 0.175. The number of carbonyl (C=O) groups excluding carboxylic acids is 1. The second kappa shape index (κ2) is 9.88. The number of carbonyl (C=O) groups is 1. The number of hydrogen-bond acceptors (Lipinski definition) is 4. The molecule has 0 spiro atoms. The predicted molar refractivity (Wildman–Crippen MR) is 140 cm³/mol. The molecule has 4 aromatic rings. The van der Waals surface area contributed by atoms with Crippen LogP contribution in [0.1, 0.15) is 31.5 Å². The van der Waals surface area contributed by atoms with Crippen LogP contribution in [0.3, 0.4) is 0 Å². The van der Waals surface area contributed by atoms with Gasteiger partial charge in [-0.3, -0.25) is 15.0 Å². The van der Waals surface area contributed by atoms with Crippen molar-refractivity contribution >= 4 is 22.6 Å². The molecule has 0 aliphatic carbocycles. The zero-order valence-corrected chi connectivity index (χ0v) is 20.5. The SMILES string of the molecule is Cc1cc(-c2n[nH]c3cc4c(cc23)CN(C2CCN(C(C)C)C2)C(=O)N4)ccn1.c1ccccc1. The Morgan fingerprint density at radius 3 is 2.46 bits per heavy atom. The first-order valence-electron chi connectivity index (χ1n) is 12.3. The van der Waals surface area contributed by atoms with E-state index in [1.54, 1.807) is 0 Å². The zero-order chi connectivity index (χ0) is 24.4. The monoisotopic (exact) mass is 468 g/mol. The highest BCUT2D eigenvalue weighted by molar-refractivity contribution is 6.00. The second-order valence-corrected chi connectivity index (χ2v) is 9.56. The topological polar surface area (TPSA) is 77.2 Å². The Balaban J connectivity index is 0.000000371. The van der Waals surface area contributed by atoms with Crippen LogP contribution in [0.25, 0.3) is 22.2 Å². The molecule has 1 atom stereocenters. The van der Waals surface area contributed by atoms with Crippen LogP contribution >= 0.6 is 0 Å². The van der Waals surface area contributed by atoms with Gasteiger partial charge in [0.1, 0.15) is 5.69 Å². The third kappa shape index (κ3) is 4.91. The normalized spacial score (nSPS) is 17.8. The summed E-state index contributed by atoms with van der Waals surface area (Å²) in [5.74, 6) is 0. The van der Waals surface area contributed by atoms with E-state index in [4.69, 9.17) is 0 Å². The van der Waals surface area contributed by atoms with Crippen LogP contribution in [-0.4, -0.2) is 56.2 Å². The third-order valence-electron chi connectivity index (χ3n) is 6.83. The van der Waals surface area contributed by atoms with Gasteiger partial charge in [-0.15, -0.1) is 0 Å². The van der Waals surface area contributed by atoms with Gasteiger partial charge >= 0.3 is 6.03 Å². The summed E-state index contributed by atoms with van der Waals surface area (Å²) >= 11 is 0. The van der Waals surface area contributed by atoms with Crippen molar-refractivity contribution in [2.75, 3.05) is 18.4 Å². The first-order chi connectivity index (χ1) is 17.0. The lowest BCUT2D eigenvalue weighted by Gasteiger charge is -2.34. The van der Waals surface area contributed by atoms with E-state index in [2.05, 4.69) is 45.3 Å². The van der Waals surface area contributed by atoms with E-state index in [0.717, 1.165) is 58.6 Å². The van der Waals surface area contributed by atoms with Crippen LogP contribution < -0.4 is 5.32 Å². The van der Waals surface area contributed by atoms with Crippen LogP contribution in [0.4, 0.5) is 10.5 Å². The van der Waals surface area contributed by atoms with Gasteiger partial charge in [-0.1, -0.05) is 36.4 Å². The number of urea groups is 1. The number of H-pyrrole nitrogens is 1. The Morgan fingerprint density at radius 2 is 1.80 bits per heavy atom. The summed E-state index contributed by atoms with van der Waals surface area (Å²) < 4.78 is 0. The fourth-order valence-electron chi connectivity index (χ4n) is 4.88. The van der Waals surface area contributed by atoms with Crippen LogP contribution in [-0.2, 0) is 6.54 Å². The van der Waals surface area contributed by atoms with Crippen molar-refractivity contribution in [2.24, 2.45) is 0 Å². The van der Waals surface area contributed by atoms with E-state index in [0.29, 0.717) is 12.6 Å². The minimum Gasteiger partial charge on any atom is -0.316 e. The van der Waals surface area contributed by atoms with Crippen molar-refractivity contribution in [3.8, 4) is 11.3 Å². The van der Waals surface area contributed by atoms with Gasteiger partial charge in [0.25, 0.3) is 0 Å². The molecule has 2 aliphatic heterocycles. The number of aryl methyl sites for hydroxylation is 1. The number of fused-ring (bicyclic) bond motifs is 2. The summed E-state index contributed by atoms with van der Waals surface area (Å²) in [5, 5.41) is 11.8. The van der Waals surface area contributed by atoms with Gasteiger partial charge < -0.3 is 10.2 Å². The van der Waals surface area contributed by atoms with Crippen molar-refractivity contribution in [2.45, 2.75) is 45.8 Å². The molecule has 1 unspecified atom stereocenters. The second-order valence-electron chi connectivity index (χ2n) is 9.56. The van der Waals surface area contributed by atoms with Crippen molar-refractivity contribution in [1.29, 1.82) is 0 Å². The van der Waals surface area contributed by atoms with Gasteiger partial charge in [0.15, 0.2) is 0 Å². The summed E-state index contributed by atoms with van der Waals surface area (Å²) in [6.45, 7) is 9.03. The number of rotatable bonds is 3. The van der Waals surface area contributed by atoms with Crippen LogP contribution in [0.2, 0.25) is 0 Å². The highest BCUT2D eigenvalue weighted by atomic mass is 16.2. The fourth-order valence-corrected chi connectivity index (χ4v) is 4.88. The maximum atomic E-state index is 12.8. The Bertz CT molecular complexity index is 1290. The minimum absolute atomic E-state index is 0.00282. The lowest BCUT2D eigenvalue weighted by atomic mass is 10.0. The third-order valence-corrected chi connectivity index (χ3v) is 6.83. The average molecular weight is 469 g/mol. The number of nitrogens with zero attached hydrogens (tertiary/aromatic N) is 4. The molecule has 2 aromatic carbocycles. The van der Waals surface area contributed by atoms with E-state index in [-0.39, 0.29) is 12.1 Å². The fraction of sp³-hybridized carbons (Fsp3) is 0.321. The first-order valence-corrected chi connectivity index (χ1v) is 12.3. The summed E-state index contributed by atoms with van der Waals surface area (Å²) in [6.07, 6.45) is 2.84. The molecule has 2 aliphatic rings. The maximum Gasteiger partial charge on any atom is 0.322 e. The predicted octanol–water partition coefficient (Wildman–Crippen LogP) is 5.45. The standard InChI is InChI=1S/C22H26N6O.C6H6/c1-13(2)27-7-5-17(12-27)28-11-16-9-18-20(10-19(16)24-22(28)29)25-26-21(18)15-4-6-23-14(3)8-15;1-2-4-6-5-3-1/h4,6,8-10,13,17H,5,7,11-12H2,1-3H3,(H,24,29)(H,25,26);1-6H. The molecule has 4 heterocycles. The summed E-state index contributed by atoms with van der Waals surface area (Å²) in [5.41, 5.74) is 5.86. The number of aromatic nitrogens is 3.